The highest BCUT2D eigenvalue weighted by Gasteiger charge is 2.26. The Morgan fingerprint density at radius 1 is 0.793 bits per heavy atom. The van der Waals surface area contributed by atoms with E-state index in [1.165, 1.54) is 89.2 Å². The molecule has 0 radical (unpaired) electrons. The molecular formula is C26H37F2N. The van der Waals surface area contributed by atoms with Crippen LogP contribution in [0.1, 0.15) is 114 Å². The first-order valence-corrected chi connectivity index (χ1v) is 12.0. The van der Waals surface area contributed by atoms with Crippen molar-refractivity contribution in [2.75, 3.05) is 0 Å². The molecule has 0 spiro atoms. The van der Waals surface area contributed by atoms with Crippen LogP contribution in [0, 0.1) is 40.7 Å². The summed E-state index contributed by atoms with van der Waals surface area (Å²) in [5.41, 5.74) is 0.279. The van der Waals surface area contributed by atoms with Gasteiger partial charge in [-0.2, -0.15) is 5.26 Å². The predicted octanol–water partition coefficient (Wildman–Crippen LogP) is 8.28. The molecule has 2 saturated carbocycles. The number of nitriles is 1. The maximum atomic E-state index is 13.9. The molecule has 0 atom stereocenters. The fourth-order valence-electron chi connectivity index (χ4n) is 5.68. The Kier molecular flexibility index (Phi) is 8.52. The van der Waals surface area contributed by atoms with E-state index in [9.17, 15) is 8.78 Å². The molecule has 160 valence electrons. The van der Waals surface area contributed by atoms with E-state index in [0.717, 1.165) is 36.2 Å². The van der Waals surface area contributed by atoms with E-state index in [2.05, 4.69) is 6.92 Å². The Bertz CT molecular complexity index is 653. The third-order valence-electron chi connectivity index (χ3n) is 7.66. The van der Waals surface area contributed by atoms with Crippen molar-refractivity contribution in [2.45, 2.75) is 103 Å². The average molecular weight is 402 g/mol. The van der Waals surface area contributed by atoms with Gasteiger partial charge in [0.2, 0.25) is 0 Å². The summed E-state index contributed by atoms with van der Waals surface area (Å²) in [4.78, 5) is 0. The second-order valence-corrected chi connectivity index (χ2v) is 9.65. The lowest BCUT2D eigenvalue weighted by molar-refractivity contribution is 0.222. The lowest BCUT2D eigenvalue weighted by Crippen LogP contribution is -2.18. The molecule has 0 N–H and O–H groups in total. The molecule has 1 aromatic carbocycles. The zero-order chi connectivity index (χ0) is 20.6. The van der Waals surface area contributed by atoms with E-state index in [4.69, 9.17) is 5.26 Å². The standard InChI is InChI=1S/C26H37F2N/c1-2-3-4-5-19-6-8-20(9-7-19)10-11-21-12-14-22(15-13-21)23-16-25(27)24(18-29)26(28)17-23/h16-17,19-22H,2-15H2,1H3/t19-,20-,21?,22?. The fraction of sp³-hybridized carbons (Fsp3) is 0.731. The number of hydrogen-bond donors (Lipinski definition) is 0. The molecule has 3 heteroatoms. The molecule has 29 heavy (non-hydrogen) atoms. The van der Waals surface area contributed by atoms with Crippen molar-refractivity contribution in [1.29, 1.82) is 5.26 Å². The summed E-state index contributed by atoms with van der Waals surface area (Å²) in [6, 6.07) is 4.37. The van der Waals surface area contributed by atoms with Gasteiger partial charge < -0.3 is 0 Å². The van der Waals surface area contributed by atoms with E-state index in [0.29, 0.717) is 0 Å². The molecule has 2 aliphatic rings. The number of rotatable bonds is 8. The van der Waals surface area contributed by atoms with Crippen LogP contribution in [-0.2, 0) is 0 Å². The molecule has 2 aliphatic carbocycles. The van der Waals surface area contributed by atoms with Crippen LogP contribution >= 0.6 is 0 Å². The van der Waals surface area contributed by atoms with E-state index < -0.39 is 17.2 Å². The lowest BCUT2D eigenvalue weighted by atomic mass is 9.74. The normalized spacial score (nSPS) is 27.5. The van der Waals surface area contributed by atoms with Crippen molar-refractivity contribution in [2.24, 2.45) is 17.8 Å². The minimum Gasteiger partial charge on any atom is -0.205 e. The van der Waals surface area contributed by atoms with Crippen LogP contribution in [0.15, 0.2) is 12.1 Å². The third kappa shape index (κ3) is 6.27. The monoisotopic (exact) mass is 401 g/mol. The third-order valence-corrected chi connectivity index (χ3v) is 7.66. The fourth-order valence-corrected chi connectivity index (χ4v) is 5.68. The molecular weight excluding hydrogens is 364 g/mol. The summed E-state index contributed by atoms with van der Waals surface area (Å²) in [5, 5.41) is 8.83. The molecule has 1 aromatic rings. The second kappa shape index (κ2) is 11.1. The van der Waals surface area contributed by atoms with Gasteiger partial charge in [0.1, 0.15) is 23.3 Å². The molecule has 0 bridgehead atoms. The Balaban J connectivity index is 1.37. The van der Waals surface area contributed by atoms with Crippen LogP contribution in [0.2, 0.25) is 0 Å². The first-order chi connectivity index (χ1) is 14.1. The number of nitrogens with zero attached hydrogens (tertiary/aromatic N) is 1. The van der Waals surface area contributed by atoms with Crippen molar-refractivity contribution in [3.8, 4) is 6.07 Å². The van der Waals surface area contributed by atoms with Gasteiger partial charge in [0.05, 0.1) is 0 Å². The summed E-state index contributed by atoms with van der Waals surface area (Å²) in [5.74, 6) is 1.51. The van der Waals surface area contributed by atoms with Gasteiger partial charge in [-0.1, -0.05) is 71.1 Å². The van der Waals surface area contributed by atoms with Crippen molar-refractivity contribution >= 4 is 0 Å². The van der Waals surface area contributed by atoms with Gasteiger partial charge in [-0.3, -0.25) is 0 Å². The molecule has 3 rings (SSSR count). The van der Waals surface area contributed by atoms with E-state index in [1.807, 2.05) is 0 Å². The Morgan fingerprint density at radius 3 is 1.76 bits per heavy atom. The first-order valence-electron chi connectivity index (χ1n) is 12.0. The van der Waals surface area contributed by atoms with Gasteiger partial charge >= 0.3 is 0 Å². The highest BCUT2D eigenvalue weighted by atomic mass is 19.1. The van der Waals surface area contributed by atoms with E-state index >= 15 is 0 Å². The molecule has 0 saturated heterocycles. The first kappa shape index (κ1) is 22.3. The molecule has 0 unspecified atom stereocenters. The zero-order valence-corrected chi connectivity index (χ0v) is 18.1. The molecule has 0 amide bonds. The van der Waals surface area contributed by atoms with Crippen molar-refractivity contribution in [1.82, 2.24) is 0 Å². The van der Waals surface area contributed by atoms with Gasteiger partial charge in [0.25, 0.3) is 0 Å². The van der Waals surface area contributed by atoms with Gasteiger partial charge in [0, 0.05) is 0 Å². The molecule has 2 fully saturated rings. The summed E-state index contributed by atoms with van der Waals surface area (Å²) in [7, 11) is 0. The van der Waals surface area contributed by atoms with E-state index in [1.54, 1.807) is 6.07 Å². The minimum absolute atomic E-state index is 0.238. The lowest BCUT2D eigenvalue weighted by Gasteiger charge is -2.32. The van der Waals surface area contributed by atoms with Crippen LogP contribution < -0.4 is 0 Å². The summed E-state index contributed by atoms with van der Waals surface area (Å²) in [6.07, 6.45) is 18.4. The van der Waals surface area contributed by atoms with Crippen LogP contribution in [0.3, 0.4) is 0 Å². The number of benzene rings is 1. The smallest absolute Gasteiger partial charge is 0.144 e. The van der Waals surface area contributed by atoms with Crippen molar-refractivity contribution < 1.29 is 8.78 Å². The molecule has 1 nitrogen and oxygen atoms in total. The van der Waals surface area contributed by atoms with Gasteiger partial charge in [-0.05, 0) is 67.1 Å². The van der Waals surface area contributed by atoms with Crippen LogP contribution in [0.25, 0.3) is 0 Å². The topological polar surface area (TPSA) is 23.8 Å². The maximum absolute atomic E-state index is 13.9. The summed E-state index contributed by atoms with van der Waals surface area (Å²) < 4.78 is 27.8. The second-order valence-electron chi connectivity index (χ2n) is 9.65. The number of unbranched alkanes of at least 4 members (excludes halogenated alkanes) is 2. The van der Waals surface area contributed by atoms with Crippen molar-refractivity contribution in [3.63, 3.8) is 0 Å². The highest BCUT2D eigenvalue weighted by molar-refractivity contribution is 5.36. The van der Waals surface area contributed by atoms with Gasteiger partial charge in [-0.15, -0.1) is 0 Å². The Morgan fingerprint density at radius 2 is 1.28 bits per heavy atom. The van der Waals surface area contributed by atoms with E-state index in [-0.39, 0.29) is 5.92 Å². The zero-order valence-electron chi connectivity index (χ0n) is 18.1. The van der Waals surface area contributed by atoms with Crippen LogP contribution in [0.5, 0.6) is 0 Å². The number of halogens is 2. The average Bonchev–Trinajstić information content (AvgIpc) is 2.73. The predicted molar refractivity (Wildman–Crippen MR) is 115 cm³/mol. The SMILES string of the molecule is CCCCC[C@H]1CC[C@H](CCC2CCC(c3cc(F)c(C#N)c(F)c3)CC2)CC1. The molecule has 0 aromatic heterocycles. The van der Waals surface area contributed by atoms with Gasteiger partial charge in [0.15, 0.2) is 0 Å². The quantitative estimate of drug-likeness (QED) is 0.402. The number of hydrogen-bond acceptors (Lipinski definition) is 1. The summed E-state index contributed by atoms with van der Waals surface area (Å²) >= 11 is 0. The van der Waals surface area contributed by atoms with Crippen LogP contribution in [-0.4, -0.2) is 0 Å². The Hall–Kier alpha value is -1.43. The maximum Gasteiger partial charge on any atom is 0.144 e. The molecule has 0 aliphatic heterocycles. The Labute approximate surface area is 175 Å². The highest BCUT2D eigenvalue weighted by Crippen LogP contribution is 2.40. The van der Waals surface area contributed by atoms with Crippen LogP contribution in [0.4, 0.5) is 8.78 Å². The largest absolute Gasteiger partial charge is 0.205 e. The van der Waals surface area contributed by atoms with Gasteiger partial charge in [-0.25, -0.2) is 8.78 Å². The minimum atomic E-state index is -0.713. The molecule has 0 heterocycles. The van der Waals surface area contributed by atoms with Crippen molar-refractivity contribution in [3.05, 3.63) is 34.9 Å². The summed E-state index contributed by atoms with van der Waals surface area (Å²) in [6.45, 7) is 2.28.